The van der Waals surface area contributed by atoms with Crippen LogP contribution >= 0.6 is 0 Å². The lowest BCUT2D eigenvalue weighted by atomic mass is 9.85. The van der Waals surface area contributed by atoms with E-state index >= 15 is 0 Å². The van der Waals surface area contributed by atoms with Gasteiger partial charge in [-0.3, -0.25) is 4.90 Å². The fourth-order valence-corrected chi connectivity index (χ4v) is 3.45. The van der Waals surface area contributed by atoms with Crippen LogP contribution in [0.3, 0.4) is 0 Å². The number of rotatable bonds is 3. The normalized spacial score (nSPS) is 29.1. The van der Waals surface area contributed by atoms with Crippen molar-refractivity contribution in [3.05, 3.63) is 0 Å². The fourth-order valence-electron chi connectivity index (χ4n) is 3.45. The summed E-state index contributed by atoms with van der Waals surface area (Å²) in [5, 5.41) is 0. The third-order valence-electron chi connectivity index (χ3n) is 5.21. The fraction of sp³-hybridized carbons (Fsp3) is 1.00. The molecular weight excluding hydrogens is 208 g/mol. The minimum atomic E-state index is 0.504. The van der Waals surface area contributed by atoms with Gasteiger partial charge in [-0.1, -0.05) is 13.3 Å². The molecule has 2 saturated heterocycles. The van der Waals surface area contributed by atoms with Crippen LogP contribution in [0.25, 0.3) is 0 Å². The standard InChI is InChI=1S/C15H30N2/c1-4-14(2)16-12-8-15(3,9-13-16)17-10-6-5-7-11-17/h14H,4-13H2,1-3H3. The first-order valence-corrected chi connectivity index (χ1v) is 7.65. The quantitative estimate of drug-likeness (QED) is 0.745. The van der Waals surface area contributed by atoms with E-state index in [0.29, 0.717) is 5.54 Å². The minimum Gasteiger partial charge on any atom is -0.301 e. The van der Waals surface area contributed by atoms with Gasteiger partial charge in [0, 0.05) is 24.7 Å². The molecule has 2 heteroatoms. The maximum absolute atomic E-state index is 2.78. The highest BCUT2D eigenvalue weighted by Crippen LogP contribution is 2.31. The molecule has 2 aliphatic rings. The van der Waals surface area contributed by atoms with Crippen molar-refractivity contribution in [3.63, 3.8) is 0 Å². The largest absolute Gasteiger partial charge is 0.301 e. The Kier molecular flexibility index (Phi) is 4.48. The molecule has 2 nitrogen and oxygen atoms in total. The molecule has 2 heterocycles. The summed E-state index contributed by atoms with van der Waals surface area (Å²) in [7, 11) is 0. The zero-order valence-corrected chi connectivity index (χ0v) is 12.0. The van der Waals surface area contributed by atoms with Crippen LogP contribution < -0.4 is 0 Å². The van der Waals surface area contributed by atoms with Crippen LogP contribution in [0.1, 0.15) is 59.3 Å². The Labute approximate surface area is 107 Å². The predicted octanol–water partition coefficient (Wildman–Crippen LogP) is 3.13. The smallest absolute Gasteiger partial charge is 0.0205 e. The summed E-state index contributed by atoms with van der Waals surface area (Å²) in [6.45, 7) is 12.5. The predicted molar refractivity (Wildman–Crippen MR) is 74.4 cm³/mol. The Morgan fingerprint density at radius 3 is 2.12 bits per heavy atom. The Hall–Kier alpha value is -0.0800. The molecule has 0 aliphatic carbocycles. The highest BCUT2D eigenvalue weighted by atomic mass is 15.2. The van der Waals surface area contributed by atoms with Crippen molar-refractivity contribution in [2.75, 3.05) is 26.2 Å². The van der Waals surface area contributed by atoms with Crippen LogP contribution in [-0.2, 0) is 0 Å². The van der Waals surface area contributed by atoms with Crippen LogP contribution in [0.15, 0.2) is 0 Å². The van der Waals surface area contributed by atoms with Gasteiger partial charge in [0.15, 0.2) is 0 Å². The zero-order valence-electron chi connectivity index (χ0n) is 12.0. The van der Waals surface area contributed by atoms with E-state index in [9.17, 15) is 0 Å². The number of nitrogens with zero attached hydrogens (tertiary/aromatic N) is 2. The van der Waals surface area contributed by atoms with Crippen molar-refractivity contribution in [2.24, 2.45) is 0 Å². The first-order valence-electron chi connectivity index (χ1n) is 7.65. The van der Waals surface area contributed by atoms with Gasteiger partial charge in [0.2, 0.25) is 0 Å². The van der Waals surface area contributed by atoms with Crippen LogP contribution in [0.5, 0.6) is 0 Å². The second kappa shape index (κ2) is 5.71. The molecule has 1 unspecified atom stereocenters. The van der Waals surface area contributed by atoms with Crippen LogP contribution in [0.4, 0.5) is 0 Å². The average Bonchev–Trinajstić information content (AvgIpc) is 2.40. The highest BCUT2D eigenvalue weighted by molar-refractivity contribution is 4.93. The van der Waals surface area contributed by atoms with E-state index in [1.54, 1.807) is 0 Å². The van der Waals surface area contributed by atoms with Crippen molar-refractivity contribution < 1.29 is 0 Å². The molecule has 0 N–H and O–H groups in total. The Morgan fingerprint density at radius 1 is 1.00 bits per heavy atom. The van der Waals surface area contributed by atoms with E-state index in [1.807, 2.05) is 0 Å². The average molecular weight is 238 g/mol. The molecule has 2 rings (SSSR count). The van der Waals surface area contributed by atoms with Crippen LogP contribution in [0, 0.1) is 0 Å². The lowest BCUT2D eigenvalue weighted by Gasteiger charge is -2.49. The van der Waals surface area contributed by atoms with Crippen molar-refractivity contribution in [3.8, 4) is 0 Å². The van der Waals surface area contributed by atoms with E-state index in [2.05, 4.69) is 30.6 Å². The molecular formula is C15H30N2. The molecule has 0 aromatic heterocycles. The summed E-state index contributed by atoms with van der Waals surface area (Å²) >= 11 is 0. The summed E-state index contributed by atoms with van der Waals surface area (Å²) in [6, 6.07) is 0.779. The molecule has 0 bridgehead atoms. The minimum absolute atomic E-state index is 0.504. The molecule has 2 fully saturated rings. The Bertz CT molecular complexity index is 225. The molecule has 100 valence electrons. The second-order valence-electron chi connectivity index (χ2n) is 6.34. The summed E-state index contributed by atoms with van der Waals surface area (Å²) in [5.41, 5.74) is 0.504. The van der Waals surface area contributed by atoms with Crippen molar-refractivity contribution in [1.29, 1.82) is 0 Å². The maximum Gasteiger partial charge on any atom is 0.0205 e. The van der Waals surface area contributed by atoms with E-state index < -0.39 is 0 Å². The van der Waals surface area contributed by atoms with Gasteiger partial charge in [0.05, 0.1) is 0 Å². The molecule has 1 atom stereocenters. The van der Waals surface area contributed by atoms with Gasteiger partial charge < -0.3 is 4.90 Å². The van der Waals surface area contributed by atoms with E-state index in [0.717, 1.165) is 6.04 Å². The summed E-state index contributed by atoms with van der Waals surface area (Å²) in [4.78, 5) is 5.47. The highest BCUT2D eigenvalue weighted by Gasteiger charge is 2.36. The van der Waals surface area contributed by atoms with E-state index in [-0.39, 0.29) is 0 Å². The van der Waals surface area contributed by atoms with E-state index in [1.165, 1.54) is 64.7 Å². The monoisotopic (exact) mass is 238 g/mol. The topological polar surface area (TPSA) is 6.48 Å². The van der Waals surface area contributed by atoms with Gasteiger partial charge in [-0.2, -0.15) is 0 Å². The van der Waals surface area contributed by atoms with Gasteiger partial charge in [0.25, 0.3) is 0 Å². The third kappa shape index (κ3) is 3.03. The lowest BCUT2D eigenvalue weighted by Crippen LogP contribution is -2.56. The van der Waals surface area contributed by atoms with Crippen LogP contribution in [0.2, 0.25) is 0 Å². The molecule has 0 aromatic rings. The van der Waals surface area contributed by atoms with Gasteiger partial charge in [-0.15, -0.1) is 0 Å². The SMILES string of the molecule is CCC(C)N1CCC(C)(N2CCCCC2)CC1. The molecule has 0 amide bonds. The molecule has 0 spiro atoms. The maximum atomic E-state index is 2.78. The van der Waals surface area contributed by atoms with E-state index in [4.69, 9.17) is 0 Å². The molecule has 17 heavy (non-hydrogen) atoms. The first kappa shape index (κ1) is 13.4. The summed E-state index contributed by atoms with van der Waals surface area (Å²) in [5.74, 6) is 0. The Balaban J connectivity index is 1.87. The number of hydrogen-bond donors (Lipinski definition) is 0. The van der Waals surface area contributed by atoms with Crippen LogP contribution in [-0.4, -0.2) is 47.6 Å². The summed E-state index contributed by atoms with van der Waals surface area (Å²) < 4.78 is 0. The third-order valence-corrected chi connectivity index (χ3v) is 5.21. The van der Waals surface area contributed by atoms with Gasteiger partial charge in [-0.05, 0) is 59.0 Å². The molecule has 2 aliphatic heterocycles. The van der Waals surface area contributed by atoms with Gasteiger partial charge >= 0.3 is 0 Å². The number of piperidine rings is 2. The number of hydrogen-bond acceptors (Lipinski definition) is 2. The second-order valence-corrected chi connectivity index (χ2v) is 6.34. The molecule has 0 aromatic carbocycles. The molecule has 0 radical (unpaired) electrons. The van der Waals surface area contributed by atoms with Crippen molar-refractivity contribution >= 4 is 0 Å². The van der Waals surface area contributed by atoms with Crippen molar-refractivity contribution in [2.45, 2.75) is 70.9 Å². The lowest BCUT2D eigenvalue weighted by molar-refractivity contribution is 0.0108. The first-order chi connectivity index (χ1) is 8.15. The Morgan fingerprint density at radius 2 is 1.59 bits per heavy atom. The van der Waals surface area contributed by atoms with Gasteiger partial charge in [-0.25, -0.2) is 0 Å². The summed E-state index contributed by atoms with van der Waals surface area (Å²) in [6.07, 6.45) is 8.33. The molecule has 0 saturated carbocycles. The van der Waals surface area contributed by atoms with Crippen molar-refractivity contribution in [1.82, 2.24) is 9.80 Å². The van der Waals surface area contributed by atoms with Gasteiger partial charge in [0.1, 0.15) is 0 Å². The zero-order chi connectivity index (χ0) is 12.3. The number of likely N-dealkylation sites (tertiary alicyclic amines) is 2.